The number of amides is 1. The van der Waals surface area contributed by atoms with Crippen LogP contribution >= 0.6 is 0 Å². The van der Waals surface area contributed by atoms with Crippen molar-refractivity contribution in [3.63, 3.8) is 0 Å². The zero-order valence-electron chi connectivity index (χ0n) is 16.8. The molecule has 0 spiro atoms. The largest absolute Gasteiger partial charge is 0.497 e. The van der Waals surface area contributed by atoms with E-state index < -0.39 is 0 Å². The van der Waals surface area contributed by atoms with Crippen LogP contribution in [0.1, 0.15) is 28.3 Å². The van der Waals surface area contributed by atoms with Gasteiger partial charge in [0.2, 0.25) is 0 Å². The van der Waals surface area contributed by atoms with Gasteiger partial charge in [0.1, 0.15) is 11.5 Å². The van der Waals surface area contributed by atoms with E-state index in [4.69, 9.17) is 9.47 Å². The Hall–Kier alpha value is -2.53. The number of hydrogen-bond acceptors (Lipinski definition) is 4. The third-order valence-electron chi connectivity index (χ3n) is 6.36. The lowest BCUT2D eigenvalue weighted by atomic mass is 9.81. The number of para-hydroxylation sites is 1. The van der Waals surface area contributed by atoms with Crippen LogP contribution in [0.2, 0.25) is 0 Å². The van der Waals surface area contributed by atoms with Crippen molar-refractivity contribution in [2.45, 2.75) is 18.4 Å². The Bertz CT molecular complexity index is 836. The quantitative estimate of drug-likeness (QED) is 0.817. The lowest BCUT2D eigenvalue weighted by molar-refractivity contribution is 0.0604. The molecule has 3 atom stereocenters. The van der Waals surface area contributed by atoms with Gasteiger partial charge in [-0.2, -0.15) is 0 Å². The first-order valence-corrected chi connectivity index (χ1v) is 9.89. The molecule has 4 rings (SSSR count). The molecule has 28 heavy (non-hydrogen) atoms. The first-order chi connectivity index (χ1) is 13.6. The summed E-state index contributed by atoms with van der Waals surface area (Å²) in [6.07, 6.45) is 1.01. The predicted octanol–water partition coefficient (Wildman–Crippen LogP) is 3.26. The highest BCUT2D eigenvalue weighted by Crippen LogP contribution is 2.41. The number of piperidine rings is 1. The number of nitrogens with zero attached hydrogens (tertiary/aromatic N) is 2. The average molecular weight is 380 g/mol. The van der Waals surface area contributed by atoms with E-state index in [1.165, 1.54) is 5.56 Å². The Morgan fingerprint density at radius 3 is 2.46 bits per heavy atom. The molecule has 0 radical (unpaired) electrons. The fraction of sp³-hybridized carbons (Fsp3) is 0.435. The fourth-order valence-electron chi connectivity index (χ4n) is 4.87. The lowest BCUT2D eigenvalue weighted by Crippen LogP contribution is -2.48. The molecule has 148 valence electrons. The van der Waals surface area contributed by atoms with E-state index in [1.807, 2.05) is 41.3 Å². The van der Waals surface area contributed by atoms with Crippen molar-refractivity contribution in [3.05, 3.63) is 59.7 Å². The minimum absolute atomic E-state index is 0.0685. The summed E-state index contributed by atoms with van der Waals surface area (Å²) in [5.74, 6) is 2.45. The van der Waals surface area contributed by atoms with Gasteiger partial charge >= 0.3 is 0 Å². The molecule has 0 unspecified atom stereocenters. The third kappa shape index (κ3) is 3.35. The zero-order chi connectivity index (χ0) is 19.7. The zero-order valence-corrected chi connectivity index (χ0v) is 16.8. The normalized spacial score (nSPS) is 24.7. The van der Waals surface area contributed by atoms with Crippen molar-refractivity contribution in [1.29, 1.82) is 0 Å². The van der Waals surface area contributed by atoms with Crippen LogP contribution in [0, 0.1) is 5.92 Å². The van der Waals surface area contributed by atoms with E-state index in [0.29, 0.717) is 29.2 Å². The maximum Gasteiger partial charge on any atom is 0.257 e. The van der Waals surface area contributed by atoms with Crippen LogP contribution in [0.25, 0.3) is 0 Å². The molecule has 0 aliphatic carbocycles. The first kappa shape index (κ1) is 18.8. The average Bonchev–Trinajstić information content (AvgIpc) is 3.09. The van der Waals surface area contributed by atoms with Gasteiger partial charge in [-0.1, -0.05) is 24.3 Å². The number of ether oxygens (including phenoxy) is 2. The monoisotopic (exact) mass is 380 g/mol. The van der Waals surface area contributed by atoms with Gasteiger partial charge in [-0.15, -0.1) is 0 Å². The lowest BCUT2D eigenvalue weighted by Gasteiger charge is -2.38. The summed E-state index contributed by atoms with van der Waals surface area (Å²) in [5, 5.41) is 0. The Kier molecular flexibility index (Phi) is 5.27. The number of fused-ring (bicyclic) bond motifs is 1. The van der Waals surface area contributed by atoms with Crippen LogP contribution in [-0.2, 0) is 0 Å². The minimum atomic E-state index is 0.0685. The highest BCUT2D eigenvalue weighted by atomic mass is 16.5. The van der Waals surface area contributed by atoms with E-state index in [-0.39, 0.29) is 5.91 Å². The minimum Gasteiger partial charge on any atom is -0.497 e. The summed E-state index contributed by atoms with van der Waals surface area (Å²) in [6.45, 7) is 2.60. The van der Waals surface area contributed by atoms with Gasteiger partial charge in [0.05, 0.1) is 19.8 Å². The van der Waals surface area contributed by atoms with Gasteiger partial charge in [0.25, 0.3) is 5.91 Å². The summed E-state index contributed by atoms with van der Waals surface area (Å²) in [4.78, 5) is 17.7. The second-order valence-corrected chi connectivity index (χ2v) is 7.79. The van der Waals surface area contributed by atoms with E-state index in [1.54, 1.807) is 14.2 Å². The van der Waals surface area contributed by atoms with Gasteiger partial charge in [0.15, 0.2) is 0 Å². The Morgan fingerprint density at radius 1 is 1.00 bits per heavy atom. The molecule has 2 aromatic rings. The second kappa shape index (κ2) is 7.84. The second-order valence-electron chi connectivity index (χ2n) is 7.79. The number of rotatable bonds is 4. The van der Waals surface area contributed by atoms with Crippen molar-refractivity contribution in [2.75, 3.05) is 40.9 Å². The van der Waals surface area contributed by atoms with Crippen molar-refractivity contribution < 1.29 is 14.3 Å². The van der Waals surface area contributed by atoms with Crippen LogP contribution in [0.4, 0.5) is 0 Å². The maximum absolute atomic E-state index is 13.2. The topological polar surface area (TPSA) is 42.0 Å². The molecular formula is C23H28N2O3. The van der Waals surface area contributed by atoms with Gasteiger partial charge in [-0.3, -0.25) is 4.79 Å². The number of benzene rings is 2. The first-order valence-electron chi connectivity index (χ1n) is 9.89. The Labute approximate surface area is 166 Å². The summed E-state index contributed by atoms with van der Waals surface area (Å²) in [5.41, 5.74) is 1.97. The van der Waals surface area contributed by atoms with Gasteiger partial charge in [-0.25, -0.2) is 0 Å². The molecule has 2 heterocycles. The highest BCUT2D eigenvalue weighted by Gasteiger charge is 2.44. The van der Waals surface area contributed by atoms with E-state index >= 15 is 0 Å². The molecule has 2 saturated heterocycles. The van der Waals surface area contributed by atoms with E-state index in [9.17, 15) is 4.79 Å². The smallest absolute Gasteiger partial charge is 0.257 e. The molecule has 0 saturated carbocycles. The molecule has 2 aliphatic rings. The predicted molar refractivity (Wildman–Crippen MR) is 109 cm³/mol. The van der Waals surface area contributed by atoms with Crippen LogP contribution < -0.4 is 9.47 Å². The molecule has 5 nitrogen and oxygen atoms in total. The molecular weight excluding hydrogens is 352 g/mol. The van der Waals surface area contributed by atoms with Crippen molar-refractivity contribution in [1.82, 2.24) is 9.80 Å². The maximum atomic E-state index is 13.2. The van der Waals surface area contributed by atoms with Gasteiger partial charge in [-0.05, 0) is 43.3 Å². The number of likely N-dealkylation sites (tertiary alicyclic amines) is 2. The van der Waals surface area contributed by atoms with Crippen LogP contribution in [0.15, 0.2) is 48.5 Å². The summed E-state index contributed by atoms with van der Waals surface area (Å²) < 4.78 is 10.7. The molecule has 2 aliphatic heterocycles. The number of likely N-dealkylation sites (N-methyl/N-ethyl adjacent to an activating group) is 1. The van der Waals surface area contributed by atoms with E-state index in [2.05, 4.69) is 24.1 Å². The van der Waals surface area contributed by atoms with Crippen LogP contribution in [-0.4, -0.2) is 62.7 Å². The number of methoxy groups -OCH3 is 2. The molecule has 2 fully saturated rings. The van der Waals surface area contributed by atoms with Crippen LogP contribution in [0.5, 0.6) is 11.5 Å². The SMILES string of the molecule is COc1ccc([C@H]2CN(C)[C@@H]3CCN(C(=O)c4ccccc4OC)C[C@H]23)cc1. The molecule has 2 aromatic carbocycles. The Balaban J connectivity index is 1.56. The van der Waals surface area contributed by atoms with Gasteiger partial charge in [0, 0.05) is 37.5 Å². The summed E-state index contributed by atoms with van der Waals surface area (Å²) >= 11 is 0. The summed E-state index contributed by atoms with van der Waals surface area (Å²) in [6, 6.07) is 16.4. The molecule has 0 aromatic heterocycles. The highest BCUT2D eigenvalue weighted by molar-refractivity contribution is 5.97. The summed E-state index contributed by atoms with van der Waals surface area (Å²) in [7, 11) is 5.51. The standard InChI is InChI=1S/C23H28N2O3/c1-24-14-19(16-8-10-17(27-2)11-9-16)20-15-25(13-12-21(20)24)23(26)18-6-4-5-7-22(18)28-3/h4-11,19-21H,12-15H2,1-3H3/t19-,20-,21-/m1/s1. The Morgan fingerprint density at radius 2 is 1.75 bits per heavy atom. The number of carbonyl (C=O) groups excluding carboxylic acids is 1. The number of carbonyl (C=O) groups is 1. The van der Waals surface area contributed by atoms with Gasteiger partial charge < -0.3 is 19.3 Å². The van der Waals surface area contributed by atoms with Crippen molar-refractivity contribution in [3.8, 4) is 11.5 Å². The van der Waals surface area contributed by atoms with Crippen LogP contribution in [0.3, 0.4) is 0 Å². The van der Waals surface area contributed by atoms with E-state index in [0.717, 1.165) is 31.8 Å². The molecule has 5 heteroatoms. The van der Waals surface area contributed by atoms with Crippen molar-refractivity contribution in [2.24, 2.45) is 5.92 Å². The fourth-order valence-corrected chi connectivity index (χ4v) is 4.87. The molecule has 0 N–H and O–H groups in total. The third-order valence-corrected chi connectivity index (χ3v) is 6.36. The number of hydrogen-bond donors (Lipinski definition) is 0. The van der Waals surface area contributed by atoms with Crippen molar-refractivity contribution >= 4 is 5.91 Å². The molecule has 1 amide bonds. The molecule has 0 bridgehead atoms.